The van der Waals surface area contributed by atoms with Crippen LogP contribution >= 0.6 is 0 Å². The topological polar surface area (TPSA) is 106 Å². The molecule has 1 saturated heterocycles. The van der Waals surface area contributed by atoms with Crippen molar-refractivity contribution in [1.29, 1.82) is 0 Å². The number of hydrogen-bond donors (Lipinski definition) is 1. The van der Waals surface area contributed by atoms with Crippen LogP contribution < -0.4 is 5.32 Å². The van der Waals surface area contributed by atoms with Crippen LogP contribution in [-0.4, -0.2) is 49.3 Å². The second-order valence-electron chi connectivity index (χ2n) is 6.53. The van der Waals surface area contributed by atoms with Crippen molar-refractivity contribution < 1.29 is 27.1 Å². The van der Waals surface area contributed by atoms with Crippen LogP contribution in [0, 0.1) is 11.7 Å². The van der Waals surface area contributed by atoms with Gasteiger partial charge in [-0.2, -0.15) is 4.31 Å². The van der Waals surface area contributed by atoms with Crippen molar-refractivity contribution in [3.8, 4) is 0 Å². The first kappa shape index (κ1) is 20.9. The number of piperidine rings is 1. The molecule has 10 heteroatoms. The number of rotatable bonds is 6. The number of nitrogens with one attached hydrogen (secondary N) is 1. The summed E-state index contributed by atoms with van der Waals surface area (Å²) in [4.78, 5) is 28.0. The number of anilines is 1. The molecule has 1 N–H and O–H groups in total. The Morgan fingerprint density at radius 1 is 1.17 bits per heavy atom. The number of nitrogens with zero attached hydrogens (tertiary/aromatic N) is 2. The lowest BCUT2D eigenvalue weighted by molar-refractivity contribution is -0.152. The lowest BCUT2D eigenvalue weighted by Crippen LogP contribution is -2.40. The number of halogens is 1. The summed E-state index contributed by atoms with van der Waals surface area (Å²) in [5.41, 5.74) is 0.390. The smallest absolute Gasteiger partial charge is 0.309 e. The van der Waals surface area contributed by atoms with Gasteiger partial charge in [-0.1, -0.05) is 0 Å². The Hall–Kier alpha value is -2.85. The molecule has 1 aromatic heterocycles. The molecule has 0 atom stereocenters. The van der Waals surface area contributed by atoms with Gasteiger partial charge in [0.05, 0.1) is 5.92 Å². The van der Waals surface area contributed by atoms with Crippen molar-refractivity contribution in [2.75, 3.05) is 25.0 Å². The monoisotopic (exact) mass is 421 g/mol. The van der Waals surface area contributed by atoms with Crippen LogP contribution in [0.1, 0.15) is 12.8 Å². The number of carbonyl (C=O) groups is 2. The minimum absolute atomic E-state index is 0.110. The molecule has 2 heterocycles. The molecule has 0 radical (unpaired) electrons. The third-order valence-electron chi connectivity index (χ3n) is 4.53. The Bertz CT molecular complexity index is 959. The zero-order chi connectivity index (χ0) is 20.9. The number of pyridine rings is 1. The van der Waals surface area contributed by atoms with Crippen molar-refractivity contribution in [3.05, 3.63) is 54.6 Å². The molecule has 2 aromatic rings. The van der Waals surface area contributed by atoms with Crippen LogP contribution in [0.15, 0.2) is 53.7 Å². The average Bonchev–Trinajstić information content (AvgIpc) is 2.74. The summed E-state index contributed by atoms with van der Waals surface area (Å²) in [6, 6.07) is 8.22. The molecule has 1 aliphatic heterocycles. The number of esters is 1. The van der Waals surface area contributed by atoms with Crippen molar-refractivity contribution in [2.24, 2.45) is 5.92 Å². The predicted molar refractivity (Wildman–Crippen MR) is 102 cm³/mol. The quantitative estimate of drug-likeness (QED) is 0.713. The first-order valence-corrected chi connectivity index (χ1v) is 10.4. The molecule has 0 aliphatic carbocycles. The summed E-state index contributed by atoms with van der Waals surface area (Å²) >= 11 is 0. The summed E-state index contributed by atoms with van der Waals surface area (Å²) < 4.78 is 44.3. The average molecular weight is 421 g/mol. The second kappa shape index (κ2) is 9.10. The Morgan fingerprint density at radius 3 is 2.48 bits per heavy atom. The third-order valence-corrected chi connectivity index (χ3v) is 6.42. The van der Waals surface area contributed by atoms with Gasteiger partial charge in [0.15, 0.2) is 6.61 Å². The minimum atomic E-state index is -3.65. The van der Waals surface area contributed by atoms with E-state index in [4.69, 9.17) is 4.74 Å². The highest BCUT2D eigenvalue weighted by Crippen LogP contribution is 2.24. The number of amides is 1. The van der Waals surface area contributed by atoms with Gasteiger partial charge in [0.25, 0.3) is 5.91 Å². The van der Waals surface area contributed by atoms with E-state index >= 15 is 0 Å². The van der Waals surface area contributed by atoms with Gasteiger partial charge in [-0.3, -0.25) is 14.6 Å². The largest absolute Gasteiger partial charge is 0.455 e. The molecule has 154 valence electrons. The van der Waals surface area contributed by atoms with Gasteiger partial charge in [0, 0.05) is 31.2 Å². The molecule has 1 aliphatic rings. The standard InChI is InChI=1S/C19H20FN3O5S/c20-15-3-5-16(6-4-15)22-18(24)13-28-19(25)14-7-10-23(11-8-14)29(26,27)17-2-1-9-21-12-17/h1-6,9,12,14H,7-8,10-11,13H2,(H,22,24). The van der Waals surface area contributed by atoms with Crippen LogP contribution in [0.25, 0.3) is 0 Å². The third kappa shape index (κ3) is 5.36. The van der Waals surface area contributed by atoms with E-state index in [1.807, 2.05) is 0 Å². The lowest BCUT2D eigenvalue weighted by atomic mass is 9.98. The van der Waals surface area contributed by atoms with Crippen molar-refractivity contribution in [1.82, 2.24) is 9.29 Å². The summed E-state index contributed by atoms with van der Waals surface area (Å²) in [5, 5.41) is 2.50. The molecule has 29 heavy (non-hydrogen) atoms. The molecule has 0 spiro atoms. The fourth-order valence-electron chi connectivity index (χ4n) is 2.97. The molecule has 0 saturated carbocycles. The second-order valence-corrected chi connectivity index (χ2v) is 8.47. The Morgan fingerprint density at radius 2 is 1.86 bits per heavy atom. The van der Waals surface area contributed by atoms with E-state index in [1.165, 1.54) is 47.0 Å². The van der Waals surface area contributed by atoms with Crippen LogP contribution in [0.2, 0.25) is 0 Å². The molecule has 0 unspecified atom stereocenters. The Kier molecular flexibility index (Phi) is 6.55. The summed E-state index contributed by atoms with van der Waals surface area (Å²) in [7, 11) is -3.65. The molecule has 1 aromatic carbocycles. The van der Waals surface area contributed by atoms with E-state index in [2.05, 4.69) is 10.3 Å². The SMILES string of the molecule is O=C(COC(=O)C1CCN(S(=O)(=O)c2cccnc2)CC1)Nc1ccc(F)cc1. The van der Waals surface area contributed by atoms with E-state index in [1.54, 1.807) is 6.07 Å². The van der Waals surface area contributed by atoms with Gasteiger partial charge < -0.3 is 10.1 Å². The number of benzene rings is 1. The van der Waals surface area contributed by atoms with Gasteiger partial charge in [-0.25, -0.2) is 12.8 Å². The van der Waals surface area contributed by atoms with Gasteiger partial charge in [0.1, 0.15) is 10.7 Å². The van der Waals surface area contributed by atoms with Gasteiger partial charge in [-0.05, 0) is 49.2 Å². The Labute approximate surface area is 167 Å². The van der Waals surface area contributed by atoms with Crippen LogP contribution in [0.3, 0.4) is 0 Å². The van der Waals surface area contributed by atoms with E-state index in [9.17, 15) is 22.4 Å². The first-order valence-electron chi connectivity index (χ1n) is 8.98. The van der Waals surface area contributed by atoms with Gasteiger partial charge in [-0.15, -0.1) is 0 Å². The van der Waals surface area contributed by atoms with Crippen molar-refractivity contribution >= 4 is 27.6 Å². The summed E-state index contributed by atoms with van der Waals surface area (Å²) in [6.45, 7) is -0.109. The van der Waals surface area contributed by atoms with Crippen LogP contribution in [-0.2, 0) is 24.3 Å². The highest BCUT2D eigenvalue weighted by atomic mass is 32.2. The highest BCUT2D eigenvalue weighted by molar-refractivity contribution is 7.89. The number of ether oxygens (including phenoxy) is 1. The molecule has 0 bridgehead atoms. The molecule has 1 amide bonds. The minimum Gasteiger partial charge on any atom is -0.455 e. The fraction of sp³-hybridized carbons (Fsp3) is 0.316. The molecular formula is C19H20FN3O5S. The molecule has 8 nitrogen and oxygen atoms in total. The highest BCUT2D eigenvalue weighted by Gasteiger charge is 2.33. The van der Waals surface area contributed by atoms with Crippen molar-refractivity contribution in [3.63, 3.8) is 0 Å². The zero-order valence-electron chi connectivity index (χ0n) is 15.5. The first-order chi connectivity index (χ1) is 13.9. The van der Waals surface area contributed by atoms with E-state index in [0.717, 1.165) is 0 Å². The summed E-state index contributed by atoms with van der Waals surface area (Å²) in [5.74, 6) is -1.99. The maximum Gasteiger partial charge on any atom is 0.309 e. The Balaban J connectivity index is 1.46. The number of aromatic nitrogens is 1. The normalized spacial score (nSPS) is 15.6. The fourth-order valence-corrected chi connectivity index (χ4v) is 4.40. The molecule has 3 rings (SSSR count). The van der Waals surface area contributed by atoms with E-state index in [0.29, 0.717) is 18.5 Å². The predicted octanol–water partition coefficient (Wildman–Crippen LogP) is 1.80. The number of carbonyl (C=O) groups excluding carboxylic acids is 2. The van der Waals surface area contributed by atoms with Gasteiger partial charge >= 0.3 is 5.97 Å². The van der Waals surface area contributed by atoms with Crippen LogP contribution in [0.4, 0.5) is 10.1 Å². The molecule has 1 fully saturated rings. The van der Waals surface area contributed by atoms with Crippen LogP contribution in [0.5, 0.6) is 0 Å². The van der Waals surface area contributed by atoms with E-state index < -0.39 is 40.2 Å². The molecular weight excluding hydrogens is 401 g/mol. The number of hydrogen-bond acceptors (Lipinski definition) is 6. The lowest BCUT2D eigenvalue weighted by Gasteiger charge is -2.29. The zero-order valence-corrected chi connectivity index (χ0v) is 16.3. The number of sulfonamides is 1. The maximum atomic E-state index is 12.9. The van der Waals surface area contributed by atoms with Gasteiger partial charge in [0.2, 0.25) is 10.0 Å². The summed E-state index contributed by atoms with van der Waals surface area (Å²) in [6.07, 6.45) is 3.39. The van der Waals surface area contributed by atoms with Crippen molar-refractivity contribution in [2.45, 2.75) is 17.7 Å². The van der Waals surface area contributed by atoms with E-state index in [-0.39, 0.29) is 18.0 Å². The maximum absolute atomic E-state index is 12.9.